The Balaban J connectivity index is 2.06. The highest BCUT2D eigenvalue weighted by Crippen LogP contribution is 2.28. The second-order valence-corrected chi connectivity index (χ2v) is 6.20. The van der Waals surface area contributed by atoms with Crippen LogP contribution in [-0.2, 0) is 0 Å². The van der Waals surface area contributed by atoms with Gasteiger partial charge >= 0.3 is 0 Å². The first-order valence-electron chi connectivity index (χ1n) is 6.39. The van der Waals surface area contributed by atoms with Crippen molar-refractivity contribution in [3.63, 3.8) is 0 Å². The van der Waals surface area contributed by atoms with Gasteiger partial charge in [0.2, 0.25) is 0 Å². The van der Waals surface area contributed by atoms with Gasteiger partial charge in [0, 0.05) is 24.3 Å². The molecule has 2 nitrogen and oxygen atoms in total. The van der Waals surface area contributed by atoms with E-state index in [1.165, 1.54) is 0 Å². The zero-order valence-electron chi connectivity index (χ0n) is 11.1. The topological polar surface area (TPSA) is 15.3 Å². The molecule has 1 aromatic carbocycles. The molecule has 4 heteroatoms. The van der Waals surface area contributed by atoms with Crippen molar-refractivity contribution in [2.24, 2.45) is 5.92 Å². The molecule has 100 valence electrons. The molecule has 0 aromatic heterocycles. The third kappa shape index (κ3) is 3.11. The fourth-order valence-corrected chi connectivity index (χ4v) is 2.84. The van der Waals surface area contributed by atoms with Crippen LogP contribution in [0.5, 0.6) is 0 Å². The molecule has 1 N–H and O–H groups in total. The molecule has 0 bridgehead atoms. The van der Waals surface area contributed by atoms with E-state index in [1.807, 2.05) is 18.2 Å². The molecule has 0 spiro atoms. The molecule has 3 unspecified atom stereocenters. The van der Waals surface area contributed by atoms with Crippen molar-refractivity contribution in [1.29, 1.82) is 0 Å². The van der Waals surface area contributed by atoms with E-state index >= 15 is 0 Å². The van der Waals surface area contributed by atoms with Gasteiger partial charge in [-0.25, -0.2) is 0 Å². The highest BCUT2D eigenvalue weighted by Gasteiger charge is 2.28. The molecule has 18 heavy (non-hydrogen) atoms. The zero-order valence-corrected chi connectivity index (χ0v) is 12.6. The molecular formula is C14H20Cl2N2. The zero-order chi connectivity index (χ0) is 13.3. The van der Waals surface area contributed by atoms with Crippen LogP contribution < -0.4 is 5.32 Å². The van der Waals surface area contributed by atoms with Crippen molar-refractivity contribution < 1.29 is 0 Å². The van der Waals surface area contributed by atoms with E-state index < -0.39 is 0 Å². The summed E-state index contributed by atoms with van der Waals surface area (Å²) in [5, 5.41) is 4.79. The molecule has 1 heterocycles. The van der Waals surface area contributed by atoms with Gasteiger partial charge in [-0.1, -0.05) is 30.1 Å². The second kappa shape index (κ2) is 5.68. The fourth-order valence-electron chi connectivity index (χ4n) is 2.54. The maximum atomic E-state index is 6.04. The number of nitrogens with zero attached hydrogens (tertiary/aromatic N) is 1. The quantitative estimate of drug-likeness (QED) is 0.879. The number of likely N-dealkylation sites (tertiary alicyclic amines) is 1. The Morgan fingerprint density at radius 3 is 2.61 bits per heavy atom. The van der Waals surface area contributed by atoms with Crippen molar-refractivity contribution in [2.45, 2.75) is 32.4 Å². The molecule has 1 saturated heterocycles. The van der Waals surface area contributed by atoms with Gasteiger partial charge in [0.1, 0.15) is 0 Å². The Hall–Kier alpha value is -0.440. The van der Waals surface area contributed by atoms with Crippen LogP contribution in [0, 0.1) is 5.92 Å². The Morgan fingerprint density at radius 2 is 1.94 bits per heavy atom. The highest BCUT2D eigenvalue weighted by molar-refractivity contribution is 6.42. The summed E-state index contributed by atoms with van der Waals surface area (Å²) < 4.78 is 0. The van der Waals surface area contributed by atoms with Crippen LogP contribution in [0.4, 0.5) is 5.69 Å². The summed E-state index contributed by atoms with van der Waals surface area (Å²) in [7, 11) is 2.19. The minimum absolute atomic E-state index is 0.494. The largest absolute Gasteiger partial charge is 0.382 e. The molecule has 1 aliphatic heterocycles. The Kier molecular flexibility index (Phi) is 4.41. The van der Waals surface area contributed by atoms with Crippen LogP contribution in [0.3, 0.4) is 0 Å². The predicted molar refractivity (Wildman–Crippen MR) is 79.7 cm³/mol. The summed E-state index contributed by atoms with van der Waals surface area (Å²) in [4.78, 5) is 2.41. The second-order valence-electron chi connectivity index (χ2n) is 5.38. The Bertz CT molecular complexity index is 422. The summed E-state index contributed by atoms with van der Waals surface area (Å²) in [5.41, 5.74) is 1.05. The highest BCUT2D eigenvalue weighted by atomic mass is 35.5. The van der Waals surface area contributed by atoms with Crippen LogP contribution in [-0.4, -0.2) is 30.6 Å². The number of halogens is 2. The van der Waals surface area contributed by atoms with E-state index in [0.29, 0.717) is 28.0 Å². The van der Waals surface area contributed by atoms with Crippen LogP contribution in [0.1, 0.15) is 20.3 Å². The number of nitrogens with one attached hydrogen (secondary N) is 1. The monoisotopic (exact) mass is 286 g/mol. The number of rotatable bonds is 2. The van der Waals surface area contributed by atoms with Gasteiger partial charge in [-0.3, -0.25) is 0 Å². The molecule has 0 radical (unpaired) electrons. The van der Waals surface area contributed by atoms with Crippen LogP contribution >= 0.6 is 23.2 Å². The van der Waals surface area contributed by atoms with E-state index in [-0.39, 0.29) is 0 Å². The molecule has 1 fully saturated rings. The third-order valence-electron chi connectivity index (χ3n) is 3.88. The number of anilines is 1. The lowest BCUT2D eigenvalue weighted by molar-refractivity contribution is 0.145. The van der Waals surface area contributed by atoms with Gasteiger partial charge in [0.15, 0.2) is 0 Å². The van der Waals surface area contributed by atoms with Crippen molar-refractivity contribution in [3.8, 4) is 0 Å². The lowest BCUT2D eigenvalue weighted by atomic mass is 9.89. The van der Waals surface area contributed by atoms with Crippen molar-refractivity contribution in [3.05, 3.63) is 28.2 Å². The fraction of sp³-hybridized carbons (Fsp3) is 0.571. The Labute approximate surface area is 119 Å². The summed E-state index contributed by atoms with van der Waals surface area (Å²) in [6.07, 6.45) is 1.15. The minimum Gasteiger partial charge on any atom is -0.382 e. The molecular weight excluding hydrogens is 267 g/mol. The van der Waals surface area contributed by atoms with Crippen LogP contribution in [0.25, 0.3) is 0 Å². The van der Waals surface area contributed by atoms with Gasteiger partial charge in [-0.15, -0.1) is 0 Å². The average Bonchev–Trinajstić information content (AvgIpc) is 2.31. The van der Waals surface area contributed by atoms with E-state index in [9.17, 15) is 0 Å². The standard InChI is InChI=1S/C14H20Cl2N2/c1-9-8-18(3)10(2)6-14(9)17-11-4-5-12(15)13(16)7-11/h4-5,7,9-10,14,17H,6,8H2,1-3H3. The average molecular weight is 287 g/mol. The van der Waals surface area contributed by atoms with Crippen molar-refractivity contribution in [2.75, 3.05) is 18.9 Å². The Morgan fingerprint density at radius 1 is 1.22 bits per heavy atom. The first kappa shape index (κ1) is 14.0. The number of hydrogen-bond donors (Lipinski definition) is 1. The molecule has 0 amide bonds. The lowest BCUT2D eigenvalue weighted by Crippen LogP contribution is -2.48. The molecule has 0 saturated carbocycles. The van der Waals surface area contributed by atoms with E-state index in [2.05, 4.69) is 31.1 Å². The van der Waals surface area contributed by atoms with E-state index in [0.717, 1.165) is 18.7 Å². The molecule has 0 aliphatic carbocycles. The van der Waals surface area contributed by atoms with Gasteiger partial charge in [0.05, 0.1) is 10.0 Å². The maximum Gasteiger partial charge on any atom is 0.0612 e. The minimum atomic E-state index is 0.494. The van der Waals surface area contributed by atoms with Gasteiger partial charge in [0.25, 0.3) is 0 Å². The smallest absolute Gasteiger partial charge is 0.0612 e. The SMILES string of the molecule is CC1CN(C)C(C)CC1Nc1ccc(Cl)c(Cl)c1. The van der Waals surface area contributed by atoms with Gasteiger partial charge in [-0.2, -0.15) is 0 Å². The summed E-state index contributed by atoms with van der Waals surface area (Å²) >= 11 is 12.0. The molecule has 1 aromatic rings. The van der Waals surface area contributed by atoms with Crippen molar-refractivity contribution >= 4 is 28.9 Å². The third-order valence-corrected chi connectivity index (χ3v) is 4.62. The number of piperidine rings is 1. The normalized spacial score (nSPS) is 29.3. The number of benzene rings is 1. The van der Waals surface area contributed by atoms with E-state index in [1.54, 1.807) is 0 Å². The predicted octanol–water partition coefficient (Wildman–Crippen LogP) is 4.13. The van der Waals surface area contributed by atoms with Crippen LogP contribution in [0.2, 0.25) is 10.0 Å². The first-order valence-corrected chi connectivity index (χ1v) is 7.15. The van der Waals surface area contributed by atoms with Crippen LogP contribution in [0.15, 0.2) is 18.2 Å². The molecule has 3 atom stereocenters. The summed E-state index contributed by atoms with van der Waals surface area (Å²) in [6.45, 7) is 5.69. The molecule has 2 rings (SSSR count). The van der Waals surface area contributed by atoms with Gasteiger partial charge in [-0.05, 0) is 44.5 Å². The molecule has 1 aliphatic rings. The van der Waals surface area contributed by atoms with Crippen molar-refractivity contribution in [1.82, 2.24) is 4.90 Å². The number of hydrogen-bond acceptors (Lipinski definition) is 2. The van der Waals surface area contributed by atoms with Gasteiger partial charge < -0.3 is 10.2 Å². The lowest BCUT2D eigenvalue weighted by Gasteiger charge is -2.40. The van der Waals surface area contributed by atoms with E-state index in [4.69, 9.17) is 23.2 Å². The maximum absolute atomic E-state index is 6.04. The first-order chi connectivity index (χ1) is 8.47. The summed E-state index contributed by atoms with van der Waals surface area (Å²) in [6, 6.07) is 6.84. The summed E-state index contributed by atoms with van der Waals surface area (Å²) in [5.74, 6) is 0.626.